The van der Waals surface area contributed by atoms with Gasteiger partial charge in [-0.1, -0.05) is 22.0 Å². The number of rotatable bonds is 4. The first kappa shape index (κ1) is 12.7. The van der Waals surface area contributed by atoms with Crippen LogP contribution >= 0.6 is 27.3 Å². The minimum Gasteiger partial charge on any atom is -0.305 e. The van der Waals surface area contributed by atoms with Crippen LogP contribution in [0.5, 0.6) is 0 Å². The van der Waals surface area contributed by atoms with Gasteiger partial charge in [0.25, 0.3) is 0 Å². The lowest BCUT2D eigenvalue weighted by molar-refractivity contribution is 0.576. The molecule has 17 heavy (non-hydrogen) atoms. The van der Waals surface area contributed by atoms with Crippen molar-refractivity contribution in [2.45, 2.75) is 19.5 Å². The molecule has 1 unspecified atom stereocenters. The topological polar surface area (TPSA) is 12.0 Å². The molecule has 0 saturated carbocycles. The van der Waals surface area contributed by atoms with Gasteiger partial charge in [-0.15, -0.1) is 11.3 Å². The van der Waals surface area contributed by atoms with Crippen LogP contribution in [0.2, 0.25) is 0 Å². The van der Waals surface area contributed by atoms with E-state index in [9.17, 15) is 4.39 Å². The lowest BCUT2D eigenvalue weighted by Gasteiger charge is -2.12. The van der Waals surface area contributed by atoms with E-state index in [0.29, 0.717) is 6.54 Å². The molecule has 1 nitrogen and oxygen atoms in total. The van der Waals surface area contributed by atoms with Crippen LogP contribution in [0.1, 0.15) is 23.4 Å². The van der Waals surface area contributed by atoms with Crippen LogP contribution < -0.4 is 5.32 Å². The van der Waals surface area contributed by atoms with Crippen LogP contribution in [0.4, 0.5) is 4.39 Å². The van der Waals surface area contributed by atoms with Crippen molar-refractivity contribution in [3.8, 4) is 0 Å². The lowest BCUT2D eigenvalue weighted by Crippen LogP contribution is -2.17. The van der Waals surface area contributed by atoms with Gasteiger partial charge in [0.05, 0.1) is 0 Å². The van der Waals surface area contributed by atoms with E-state index in [1.807, 2.05) is 12.1 Å². The van der Waals surface area contributed by atoms with Gasteiger partial charge in [-0.2, -0.15) is 0 Å². The molecule has 1 N–H and O–H groups in total. The molecule has 1 heterocycles. The van der Waals surface area contributed by atoms with Crippen LogP contribution in [-0.4, -0.2) is 0 Å². The van der Waals surface area contributed by atoms with E-state index in [0.717, 1.165) is 10.0 Å². The summed E-state index contributed by atoms with van der Waals surface area (Å²) in [5.74, 6) is -0.208. The molecule has 0 aliphatic carbocycles. The summed E-state index contributed by atoms with van der Waals surface area (Å²) in [6.07, 6.45) is 0. The monoisotopic (exact) mass is 313 g/mol. The number of thiophene rings is 1. The largest absolute Gasteiger partial charge is 0.305 e. The summed E-state index contributed by atoms with van der Waals surface area (Å²) in [4.78, 5) is 1.29. The molecule has 1 atom stereocenters. The number of nitrogens with one attached hydrogen (secondary N) is 1. The summed E-state index contributed by atoms with van der Waals surface area (Å²) in [7, 11) is 0. The maximum atomic E-state index is 13.2. The van der Waals surface area contributed by atoms with Crippen molar-refractivity contribution in [1.82, 2.24) is 5.32 Å². The Labute approximate surface area is 113 Å². The highest BCUT2D eigenvalue weighted by molar-refractivity contribution is 9.10. The minimum atomic E-state index is -0.208. The van der Waals surface area contributed by atoms with E-state index in [1.54, 1.807) is 17.4 Å². The van der Waals surface area contributed by atoms with Gasteiger partial charge < -0.3 is 5.32 Å². The third-order valence-electron chi connectivity index (χ3n) is 2.50. The van der Waals surface area contributed by atoms with E-state index >= 15 is 0 Å². The summed E-state index contributed by atoms with van der Waals surface area (Å²) in [6.45, 7) is 2.77. The normalized spacial score (nSPS) is 12.6. The molecular weight excluding hydrogens is 301 g/mol. The minimum absolute atomic E-state index is 0.208. The number of halogens is 2. The second-order valence-corrected chi connectivity index (χ2v) is 5.79. The van der Waals surface area contributed by atoms with Gasteiger partial charge in [0, 0.05) is 21.9 Å². The third-order valence-corrected chi connectivity index (χ3v) is 4.02. The van der Waals surface area contributed by atoms with Crippen LogP contribution in [0.25, 0.3) is 0 Å². The highest BCUT2D eigenvalue weighted by Crippen LogP contribution is 2.19. The zero-order chi connectivity index (χ0) is 12.3. The van der Waals surface area contributed by atoms with Crippen molar-refractivity contribution >= 4 is 27.3 Å². The summed E-state index contributed by atoms with van der Waals surface area (Å²) in [5.41, 5.74) is 0.945. The smallest absolute Gasteiger partial charge is 0.124 e. The van der Waals surface area contributed by atoms with Crippen molar-refractivity contribution in [3.05, 3.63) is 56.4 Å². The molecule has 0 bridgehead atoms. The van der Waals surface area contributed by atoms with Gasteiger partial charge in [-0.3, -0.25) is 0 Å². The van der Waals surface area contributed by atoms with E-state index in [4.69, 9.17) is 0 Å². The highest BCUT2D eigenvalue weighted by atomic mass is 79.9. The lowest BCUT2D eigenvalue weighted by atomic mass is 10.2. The fourth-order valence-electron chi connectivity index (χ4n) is 1.62. The Balaban J connectivity index is 1.98. The first-order valence-electron chi connectivity index (χ1n) is 5.37. The summed E-state index contributed by atoms with van der Waals surface area (Å²) in [6, 6.07) is 9.38. The molecule has 0 amide bonds. The third kappa shape index (κ3) is 3.63. The van der Waals surface area contributed by atoms with Gasteiger partial charge in [0.2, 0.25) is 0 Å². The van der Waals surface area contributed by atoms with Crippen molar-refractivity contribution in [2.75, 3.05) is 0 Å². The molecule has 4 heteroatoms. The zero-order valence-electron chi connectivity index (χ0n) is 9.41. The molecule has 0 aliphatic heterocycles. The van der Waals surface area contributed by atoms with E-state index in [-0.39, 0.29) is 11.9 Å². The second-order valence-electron chi connectivity index (χ2n) is 3.90. The van der Waals surface area contributed by atoms with Gasteiger partial charge in [0.15, 0.2) is 0 Å². The molecule has 0 radical (unpaired) electrons. The molecule has 0 fully saturated rings. The Morgan fingerprint density at radius 1 is 1.41 bits per heavy atom. The predicted octanol–water partition coefficient (Wildman–Crippen LogP) is 4.50. The van der Waals surface area contributed by atoms with Crippen molar-refractivity contribution in [3.63, 3.8) is 0 Å². The molecule has 1 aromatic heterocycles. The Morgan fingerprint density at radius 2 is 2.24 bits per heavy atom. The molecule has 0 saturated heterocycles. The van der Waals surface area contributed by atoms with Crippen LogP contribution in [0.15, 0.2) is 40.2 Å². The first-order valence-corrected chi connectivity index (χ1v) is 7.04. The Bertz CT molecular complexity index is 464. The van der Waals surface area contributed by atoms with Crippen molar-refractivity contribution in [1.29, 1.82) is 0 Å². The summed E-state index contributed by atoms with van der Waals surface area (Å²) < 4.78 is 13.9. The van der Waals surface area contributed by atoms with Gasteiger partial charge in [0.1, 0.15) is 5.82 Å². The van der Waals surface area contributed by atoms with Gasteiger partial charge >= 0.3 is 0 Å². The van der Waals surface area contributed by atoms with E-state index in [1.165, 1.54) is 10.9 Å². The average Bonchev–Trinajstić information content (AvgIpc) is 2.78. The number of hydrogen-bond acceptors (Lipinski definition) is 2. The summed E-state index contributed by atoms with van der Waals surface area (Å²) >= 11 is 5.02. The van der Waals surface area contributed by atoms with Crippen LogP contribution in [-0.2, 0) is 6.54 Å². The maximum Gasteiger partial charge on any atom is 0.124 e. The highest BCUT2D eigenvalue weighted by Gasteiger charge is 2.06. The van der Waals surface area contributed by atoms with E-state index < -0.39 is 0 Å². The fraction of sp³-hybridized carbons (Fsp3) is 0.231. The zero-order valence-corrected chi connectivity index (χ0v) is 11.8. The Morgan fingerprint density at radius 3 is 2.88 bits per heavy atom. The number of benzene rings is 1. The quantitative estimate of drug-likeness (QED) is 0.876. The molecule has 2 rings (SSSR count). The number of hydrogen-bond donors (Lipinski definition) is 1. The van der Waals surface area contributed by atoms with Gasteiger partial charge in [-0.25, -0.2) is 4.39 Å². The van der Waals surface area contributed by atoms with E-state index in [2.05, 4.69) is 39.6 Å². The standard InChI is InChI=1S/C13H13BrFNS/c1-9(13-3-2-4-17-13)16-8-10-5-11(14)7-12(15)6-10/h2-7,9,16H,8H2,1H3. The summed E-state index contributed by atoms with van der Waals surface area (Å²) in [5, 5.41) is 5.44. The molecule has 2 aromatic rings. The van der Waals surface area contributed by atoms with Crippen molar-refractivity contribution in [2.24, 2.45) is 0 Å². The first-order chi connectivity index (χ1) is 8.15. The molecular formula is C13H13BrFNS. The predicted molar refractivity (Wildman–Crippen MR) is 73.7 cm³/mol. The SMILES string of the molecule is CC(NCc1cc(F)cc(Br)c1)c1cccs1. The maximum absolute atomic E-state index is 13.2. The Hall–Kier alpha value is -0.710. The molecule has 90 valence electrons. The average molecular weight is 314 g/mol. The van der Waals surface area contributed by atoms with Crippen molar-refractivity contribution < 1.29 is 4.39 Å². The van der Waals surface area contributed by atoms with Gasteiger partial charge in [-0.05, 0) is 42.1 Å². The molecule has 0 spiro atoms. The second kappa shape index (κ2) is 5.76. The van der Waals surface area contributed by atoms with Crippen LogP contribution in [0, 0.1) is 5.82 Å². The molecule has 1 aromatic carbocycles. The fourth-order valence-corrected chi connectivity index (χ4v) is 2.89. The molecule has 0 aliphatic rings. The Kier molecular flexibility index (Phi) is 4.31. The van der Waals surface area contributed by atoms with Crippen LogP contribution in [0.3, 0.4) is 0 Å².